The predicted molar refractivity (Wildman–Crippen MR) is 159 cm³/mol. The van der Waals surface area contributed by atoms with Gasteiger partial charge in [0.05, 0.1) is 38.1 Å². The smallest absolute Gasteiger partial charge is 0.174 e. The van der Waals surface area contributed by atoms with Crippen molar-refractivity contribution in [1.82, 2.24) is 14.9 Å². The fourth-order valence-electron chi connectivity index (χ4n) is 5.81. The van der Waals surface area contributed by atoms with Crippen molar-refractivity contribution < 1.29 is 9.47 Å². The molecule has 2 aromatic heterocycles. The van der Waals surface area contributed by atoms with E-state index >= 15 is 0 Å². The average molecular weight is 540 g/mol. The number of pyridine rings is 1. The van der Waals surface area contributed by atoms with Gasteiger partial charge in [-0.1, -0.05) is 6.07 Å². The van der Waals surface area contributed by atoms with Gasteiger partial charge < -0.3 is 29.2 Å². The average Bonchev–Trinajstić information content (AvgIpc) is 3.48. The quantitative estimate of drug-likeness (QED) is 0.324. The van der Waals surface area contributed by atoms with Crippen molar-refractivity contribution in [2.45, 2.75) is 25.9 Å². The molecule has 0 radical (unpaired) electrons. The highest BCUT2D eigenvalue weighted by Gasteiger charge is 2.42. The van der Waals surface area contributed by atoms with Gasteiger partial charge in [-0.2, -0.15) is 0 Å². The summed E-state index contributed by atoms with van der Waals surface area (Å²) < 4.78 is 13.2. The summed E-state index contributed by atoms with van der Waals surface area (Å²) in [5.74, 6) is 0.841. The molecule has 2 atom stereocenters. The summed E-state index contributed by atoms with van der Waals surface area (Å²) in [4.78, 5) is 9.34. The van der Waals surface area contributed by atoms with Gasteiger partial charge in [-0.3, -0.25) is 4.98 Å². The van der Waals surface area contributed by atoms with Gasteiger partial charge in [0.25, 0.3) is 0 Å². The number of nitrogens with zero attached hydrogens (tertiary/aromatic N) is 4. The molecule has 4 aromatic rings. The molecule has 2 aliphatic heterocycles. The maximum Gasteiger partial charge on any atom is 0.174 e. The number of ether oxygens (including phenoxy) is 2. The Kier molecular flexibility index (Phi) is 6.97. The van der Waals surface area contributed by atoms with Crippen LogP contribution in [0.2, 0.25) is 0 Å². The Morgan fingerprint density at radius 1 is 0.923 bits per heavy atom. The highest BCUT2D eigenvalue weighted by atomic mass is 32.1. The van der Waals surface area contributed by atoms with E-state index in [2.05, 4.69) is 82.1 Å². The molecule has 6 rings (SSSR count). The summed E-state index contributed by atoms with van der Waals surface area (Å²) in [5.41, 5.74) is 7.87. The number of aryl methyl sites for hydroxylation is 1. The van der Waals surface area contributed by atoms with Crippen LogP contribution in [0.3, 0.4) is 0 Å². The number of methoxy groups -OCH3 is 1. The largest absolute Gasteiger partial charge is 0.497 e. The molecule has 2 aliphatic rings. The molecule has 0 spiro atoms. The Morgan fingerprint density at radius 3 is 2.28 bits per heavy atom. The molecule has 0 amide bonds. The van der Waals surface area contributed by atoms with E-state index in [-0.39, 0.29) is 12.1 Å². The van der Waals surface area contributed by atoms with Crippen molar-refractivity contribution in [3.63, 3.8) is 0 Å². The second kappa shape index (κ2) is 10.7. The molecule has 4 heterocycles. The first kappa shape index (κ1) is 25.4. The molecule has 2 aromatic carbocycles. The van der Waals surface area contributed by atoms with Crippen molar-refractivity contribution in [2.24, 2.45) is 0 Å². The molecule has 0 bridgehead atoms. The normalized spacial score (nSPS) is 19.3. The Hall–Kier alpha value is -3.88. The molecular weight excluding hydrogens is 506 g/mol. The van der Waals surface area contributed by atoms with Crippen LogP contribution >= 0.6 is 12.2 Å². The van der Waals surface area contributed by atoms with E-state index in [0.29, 0.717) is 5.11 Å². The monoisotopic (exact) mass is 539 g/mol. The number of aromatic nitrogens is 2. The summed E-state index contributed by atoms with van der Waals surface area (Å²) in [6, 6.07) is 25.1. The first-order valence-corrected chi connectivity index (χ1v) is 13.7. The second-order valence-corrected chi connectivity index (χ2v) is 10.4. The molecule has 0 unspecified atom stereocenters. The molecule has 39 heavy (non-hydrogen) atoms. The van der Waals surface area contributed by atoms with Gasteiger partial charge in [0.2, 0.25) is 0 Å². The predicted octanol–water partition coefficient (Wildman–Crippen LogP) is 5.51. The van der Waals surface area contributed by atoms with E-state index in [1.807, 2.05) is 30.5 Å². The minimum absolute atomic E-state index is 0.0696. The molecule has 1 N–H and O–H groups in total. The maximum atomic E-state index is 5.98. The third kappa shape index (κ3) is 4.75. The van der Waals surface area contributed by atoms with E-state index in [1.165, 1.54) is 16.9 Å². The lowest BCUT2D eigenvalue weighted by atomic mass is 9.96. The number of thiocarbonyl (C=S) groups is 1. The van der Waals surface area contributed by atoms with Crippen LogP contribution in [0, 0.1) is 13.8 Å². The van der Waals surface area contributed by atoms with Gasteiger partial charge in [-0.25, -0.2) is 0 Å². The summed E-state index contributed by atoms with van der Waals surface area (Å²) in [5, 5.41) is 4.30. The van der Waals surface area contributed by atoms with Crippen LogP contribution in [0.5, 0.6) is 5.75 Å². The Morgan fingerprint density at radius 2 is 1.62 bits per heavy atom. The number of hydrogen-bond acceptors (Lipinski definition) is 5. The summed E-state index contributed by atoms with van der Waals surface area (Å²) in [7, 11) is 1.69. The fraction of sp³-hybridized carbons (Fsp3) is 0.290. The van der Waals surface area contributed by atoms with Gasteiger partial charge in [0.1, 0.15) is 5.75 Å². The summed E-state index contributed by atoms with van der Waals surface area (Å²) in [6.45, 7) is 7.68. The maximum absolute atomic E-state index is 5.98. The van der Waals surface area contributed by atoms with Crippen molar-refractivity contribution in [3.05, 3.63) is 102 Å². The molecule has 200 valence electrons. The molecule has 0 saturated carbocycles. The third-order valence-corrected chi connectivity index (χ3v) is 8.04. The van der Waals surface area contributed by atoms with Gasteiger partial charge in [-0.15, -0.1) is 0 Å². The van der Waals surface area contributed by atoms with Crippen molar-refractivity contribution in [3.8, 4) is 11.4 Å². The zero-order valence-electron chi connectivity index (χ0n) is 22.5. The topological polar surface area (TPSA) is 54.8 Å². The van der Waals surface area contributed by atoms with E-state index in [4.69, 9.17) is 26.7 Å². The van der Waals surface area contributed by atoms with Crippen LogP contribution in [0.25, 0.3) is 5.69 Å². The van der Waals surface area contributed by atoms with E-state index in [9.17, 15) is 0 Å². The van der Waals surface area contributed by atoms with Crippen LogP contribution in [-0.4, -0.2) is 48.1 Å². The Labute approximate surface area is 235 Å². The van der Waals surface area contributed by atoms with Crippen LogP contribution in [0.4, 0.5) is 11.4 Å². The molecule has 8 heteroatoms. The minimum Gasteiger partial charge on any atom is -0.497 e. The lowest BCUT2D eigenvalue weighted by Gasteiger charge is -2.31. The lowest BCUT2D eigenvalue weighted by molar-refractivity contribution is 0.122. The van der Waals surface area contributed by atoms with Crippen LogP contribution in [-0.2, 0) is 4.74 Å². The highest BCUT2D eigenvalue weighted by molar-refractivity contribution is 7.80. The number of anilines is 2. The third-order valence-electron chi connectivity index (χ3n) is 7.72. The Balaban J connectivity index is 1.42. The SMILES string of the molecule is COc1ccc(-n2c(C)cc([C@H]3[C@@H](c4ccccn4)NC(=S)N3c3ccc(N4CCOCC4)cc3)c2C)cc1. The molecule has 2 saturated heterocycles. The second-order valence-electron chi connectivity index (χ2n) is 9.97. The standard InChI is InChI=1S/C31H33N5O2S/c1-21-20-27(22(2)35(21)24-11-13-26(37-3)14-12-24)30-29(28-6-4-5-15-32-28)33-31(39)36(30)25-9-7-23(8-10-25)34-16-18-38-19-17-34/h4-15,20,29-30H,16-19H2,1-3H3,(H,33,39)/t29-,30+/m1/s1. The van der Waals surface area contributed by atoms with E-state index < -0.39 is 0 Å². The van der Waals surface area contributed by atoms with E-state index in [0.717, 1.165) is 54.8 Å². The van der Waals surface area contributed by atoms with Crippen LogP contribution in [0.15, 0.2) is 79.0 Å². The van der Waals surface area contributed by atoms with Crippen LogP contribution in [0.1, 0.15) is 34.7 Å². The number of rotatable bonds is 6. The molecular formula is C31H33N5O2S. The molecule has 2 fully saturated rings. The molecule has 7 nitrogen and oxygen atoms in total. The molecule has 0 aliphatic carbocycles. The minimum atomic E-state index is -0.0950. The first-order chi connectivity index (χ1) is 19.0. The summed E-state index contributed by atoms with van der Waals surface area (Å²) in [6.07, 6.45) is 1.84. The first-order valence-electron chi connectivity index (χ1n) is 13.3. The lowest BCUT2D eigenvalue weighted by Crippen LogP contribution is -2.36. The number of hydrogen-bond donors (Lipinski definition) is 1. The van der Waals surface area contributed by atoms with Gasteiger partial charge in [0.15, 0.2) is 5.11 Å². The highest BCUT2D eigenvalue weighted by Crippen LogP contribution is 2.44. The van der Waals surface area contributed by atoms with Crippen molar-refractivity contribution in [1.29, 1.82) is 0 Å². The summed E-state index contributed by atoms with van der Waals surface area (Å²) >= 11 is 5.98. The van der Waals surface area contributed by atoms with Crippen LogP contribution < -0.4 is 19.9 Å². The van der Waals surface area contributed by atoms with Crippen molar-refractivity contribution in [2.75, 3.05) is 43.2 Å². The van der Waals surface area contributed by atoms with Gasteiger partial charge in [0, 0.05) is 47.7 Å². The number of morpholine rings is 1. The number of nitrogens with one attached hydrogen (secondary N) is 1. The van der Waals surface area contributed by atoms with E-state index in [1.54, 1.807) is 7.11 Å². The van der Waals surface area contributed by atoms with Gasteiger partial charge >= 0.3 is 0 Å². The zero-order valence-corrected chi connectivity index (χ0v) is 23.3. The zero-order chi connectivity index (χ0) is 26.9. The Bertz CT molecular complexity index is 1450. The number of benzene rings is 2. The van der Waals surface area contributed by atoms with Crippen molar-refractivity contribution >= 4 is 28.7 Å². The van der Waals surface area contributed by atoms with Gasteiger partial charge in [-0.05, 0) is 98.4 Å². The fourth-order valence-corrected chi connectivity index (χ4v) is 6.16.